The van der Waals surface area contributed by atoms with Crippen molar-refractivity contribution in [1.29, 1.82) is 0 Å². The van der Waals surface area contributed by atoms with Crippen LogP contribution in [0.3, 0.4) is 0 Å². The van der Waals surface area contributed by atoms with Crippen LogP contribution in [-0.4, -0.2) is 42.3 Å². The molecule has 4 nitrogen and oxygen atoms in total. The summed E-state index contributed by atoms with van der Waals surface area (Å²) in [7, 11) is 2.02. The van der Waals surface area contributed by atoms with Gasteiger partial charge in [0.1, 0.15) is 5.60 Å². The van der Waals surface area contributed by atoms with Crippen LogP contribution in [0, 0.1) is 5.92 Å². The van der Waals surface area contributed by atoms with Crippen molar-refractivity contribution in [3.63, 3.8) is 0 Å². The number of ether oxygens (including phenoxy) is 1. The molecule has 2 aliphatic rings. The fourth-order valence-electron chi connectivity index (χ4n) is 3.08. The summed E-state index contributed by atoms with van der Waals surface area (Å²) in [5.74, 6) is 0.748. The minimum atomic E-state index is -0.409. The molecule has 110 valence electrons. The Morgan fingerprint density at radius 3 is 2.47 bits per heavy atom. The molecule has 0 bridgehead atoms. The molecule has 4 heteroatoms. The van der Waals surface area contributed by atoms with Crippen molar-refractivity contribution < 1.29 is 9.53 Å². The predicted octanol–water partition coefficient (Wildman–Crippen LogP) is 2.77. The smallest absolute Gasteiger partial charge is 0.410 e. The molecule has 0 aromatic carbocycles. The van der Waals surface area contributed by atoms with E-state index in [1.165, 1.54) is 19.3 Å². The lowest BCUT2D eigenvalue weighted by atomic mass is 9.93. The van der Waals surface area contributed by atoms with E-state index in [1.54, 1.807) is 0 Å². The zero-order chi connectivity index (χ0) is 14.0. The highest BCUT2D eigenvalue weighted by Crippen LogP contribution is 2.37. The molecular formula is C15H28N2O2. The number of amides is 1. The van der Waals surface area contributed by atoms with Gasteiger partial charge in [0.25, 0.3) is 0 Å². The zero-order valence-electron chi connectivity index (χ0n) is 12.7. The number of likely N-dealkylation sites (N-methyl/N-ethyl adjacent to an activating group) is 1. The molecule has 1 aliphatic carbocycles. The maximum atomic E-state index is 12.4. The lowest BCUT2D eigenvalue weighted by Gasteiger charge is -2.41. The van der Waals surface area contributed by atoms with Crippen LogP contribution >= 0.6 is 0 Å². The Hall–Kier alpha value is -0.770. The van der Waals surface area contributed by atoms with E-state index in [0.29, 0.717) is 12.1 Å². The summed E-state index contributed by atoms with van der Waals surface area (Å²) in [5, 5.41) is 3.43. The Morgan fingerprint density at radius 2 is 1.95 bits per heavy atom. The molecule has 0 aromatic rings. The van der Waals surface area contributed by atoms with Gasteiger partial charge in [-0.15, -0.1) is 0 Å². The minimum absolute atomic E-state index is 0.141. The van der Waals surface area contributed by atoms with Gasteiger partial charge in [0.05, 0.1) is 6.04 Å². The molecule has 2 atom stereocenters. The molecule has 0 radical (unpaired) electrons. The highest BCUT2D eigenvalue weighted by Gasteiger charge is 2.41. The Labute approximate surface area is 116 Å². The van der Waals surface area contributed by atoms with Crippen molar-refractivity contribution in [2.45, 2.75) is 70.6 Å². The number of hydrogen-bond donors (Lipinski definition) is 1. The normalized spacial score (nSPS) is 26.1. The fourth-order valence-corrected chi connectivity index (χ4v) is 3.08. The van der Waals surface area contributed by atoms with Gasteiger partial charge in [-0.2, -0.15) is 0 Å². The van der Waals surface area contributed by atoms with Crippen molar-refractivity contribution >= 4 is 6.09 Å². The summed E-state index contributed by atoms with van der Waals surface area (Å²) >= 11 is 0. The van der Waals surface area contributed by atoms with Crippen molar-refractivity contribution in [3.8, 4) is 0 Å². The summed E-state index contributed by atoms with van der Waals surface area (Å²) in [6, 6.07) is 0.744. The van der Waals surface area contributed by atoms with E-state index in [-0.39, 0.29) is 6.09 Å². The lowest BCUT2D eigenvalue weighted by Crippen LogP contribution is -2.55. The molecule has 1 heterocycles. The van der Waals surface area contributed by atoms with E-state index in [2.05, 4.69) is 5.32 Å². The third-order valence-electron chi connectivity index (χ3n) is 4.05. The highest BCUT2D eigenvalue weighted by atomic mass is 16.6. The van der Waals surface area contributed by atoms with Crippen molar-refractivity contribution in [1.82, 2.24) is 10.2 Å². The molecule has 1 N–H and O–H groups in total. The van der Waals surface area contributed by atoms with E-state index in [0.717, 1.165) is 25.3 Å². The van der Waals surface area contributed by atoms with Crippen molar-refractivity contribution in [2.24, 2.45) is 5.92 Å². The Balaban J connectivity index is 2.04. The molecule has 2 rings (SSSR count). The first-order valence-electron chi connectivity index (χ1n) is 7.59. The average molecular weight is 268 g/mol. The second kappa shape index (κ2) is 5.70. The number of hydrogen-bond acceptors (Lipinski definition) is 3. The van der Waals surface area contributed by atoms with Gasteiger partial charge in [-0.3, -0.25) is 0 Å². The van der Waals surface area contributed by atoms with Crippen LogP contribution in [0.4, 0.5) is 4.79 Å². The van der Waals surface area contributed by atoms with Crippen LogP contribution < -0.4 is 5.32 Å². The van der Waals surface area contributed by atoms with Crippen molar-refractivity contribution in [2.75, 3.05) is 13.6 Å². The predicted molar refractivity (Wildman–Crippen MR) is 76.2 cm³/mol. The number of carbonyl (C=O) groups excluding carboxylic acids is 1. The van der Waals surface area contributed by atoms with Gasteiger partial charge in [0, 0.05) is 12.6 Å². The molecule has 0 spiro atoms. The number of nitrogens with zero attached hydrogens (tertiary/aromatic N) is 1. The number of carbonyl (C=O) groups is 1. The van der Waals surface area contributed by atoms with E-state index in [1.807, 2.05) is 32.7 Å². The van der Waals surface area contributed by atoms with Crippen LogP contribution in [0.25, 0.3) is 0 Å². The topological polar surface area (TPSA) is 41.6 Å². The van der Waals surface area contributed by atoms with Crippen LogP contribution in [-0.2, 0) is 4.74 Å². The largest absolute Gasteiger partial charge is 0.444 e. The number of piperidine rings is 1. The van der Waals surface area contributed by atoms with Crippen LogP contribution in [0.2, 0.25) is 0 Å². The Bertz CT molecular complexity index is 321. The van der Waals surface area contributed by atoms with Crippen LogP contribution in [0.15, 0.2) is 0 Å². The molecule has 0 aromatic heterocycles. The van der Waals surface area contributed by atoms with Gasteiger partial charge in [-0.1, -0.05) is 0 Å². The Morgan fingerprint density at radius 1 is 1.26 bits per heavy atom. The molecule has 1 saturated carbocycles. The summed E-state index contributed by atoms with van der Waals surface area (Å²) in [5.41, 5.74) is -0.409. The maximum Gasteiger partial charge on any atom is 0.410 e. The third-order valence-corrected chi connectivity index (χ3v) is 4.05. The lowest BCUT2D eigenvalue weighted by molar-refractivity contribution is 0.00395. The zero-order valence-corrected chi connectivity index (χ0v) is 12.7. The second-order valence-corrected chi connectivity index (χ2v) is 6.89. The molecular weight excluding hydrogens is 240 g/mol. The standard InChI is InChI=1S/C15H28N2O2/c1-15(2,3)19-14(18)17-10-6-5-7-12(17)13(16-4)11-8-9-11/h11-13,16H,5-10H2,1-4H3. The van der Waals surface area contributed by atoms with Crippen LogP contribution in [0.1, 0.15) is 52.9 Å². The average Bonchev–Trinajstić information content (AvgIpc) is 3.13. The SMILES string of the molecule is CNC(C1CC1)C1CCCCN1C(=O)OC(C)(C)C. The van der Waals surface area contributed by atoms with Crippen molar-refractivity contribution in [3.05, 3.63) is 0 Å². The molecule has 1 saturated heterocycles. The molecule has 1 aliphatic heterocycles. The fraction of sp³-hybridized carbons (Fsp3) is 0.933. The summed E-state index contributed by atoms with van der Waals surface area (Å²) in [4.78, 5) is 14.3. The van der Waals surface area contributed by atoms with Gasteiger partial charge >= 0.3 is 6.09 Å². The van der Waals surface area contributed by atoms with E-state index >= 15 is 0 Å². The summed E-state index contributed by atoms with van der Waals surface area (Å²) in [6.45, 7) is 6.63. The van der Waals surface area contributed by atoms with Gasteiger partial charge in [0.15, 0.2) is 0 Å². The van der Waals surface area contributed by atoms with E-state index in [4.69, 9.17) is 4.74 Å². The molecule has 1 amide bonds. The second-order valence-electron chi connectivity index (χ2n) is 6.89. The van der Waals surface area contributed by atoms with E-state index < -0.39 is 5.60 Å². The van der Waals surface area contributed by atoms with Gasteiger partial charge < -0.3 is 15.0 Å². The first kappa shape index (κ1) is 14.6. The van der Waals surface area contributed by atoms with Crippen LogP contribution in [0.5, 0.6) is 0 Å². The summed E-state index contributed by atoms with van der Waals surface area (Å²) < 4.78 is 5.56. The van der Waals surface area contributed by atoms with Gasteiger partial charge in [0.2, 0.25) is 0 Å². The highest BCUT2D eigenvalue weighted by molar-refractivity contribution is 5.68. The first-order valence-corrected chi connectivity index (χ1v) is 7.59. The number of nitrogens with one attached hydrogen (secondary N) is 1. The first-order chi connectivity index (χ1) is 8.92. The summed E-state index contributed by atoms with van der Waals surface area (Å²) in [6.07, 6.45) is 5.86. The molecule has 19 heavy (non-hydrogen) atoms. The monoisotopic (exact) mass is 268 g/mol. The third kappa shape index (κ3) is 3.85. The number of likely N-dealkylation sites (tertiary alicyclic amines) is 1. The molecule has 2 fully saturated rings. The quantitative estimate of drug-likeness (QED) is 0.855. The van der Waals surface area contributed by atoms with Gasteiger partial charge in [-0.25, -0.2) is 4.79 Å². The van der Waals surface area contributed by atoms with E-state index in [9.17, 15) is 4.79 Å². The maximum absolute atomic E-state index is 12.4. The minimum Gasteiger partial charge on any atom is -0.444 e. The van der Waals surface area contributed by atoms with Gasteiger partial charge in [-0.05, 0) is 65.8 Å². The number of rotatable bonds is 3. The Kier molecular flexibility index (Phi) is 4.39. The molecule has 2 unspecified atom stereocenters.